The highest BCUT2D eigenvalue weighted by Crippen LogP contribution is 2.41. The molecule has 1 nitrogen and oxygen atoms in total. The van der Waals surface area contributed by atoms with Gasteiger partial charge in [-0.3, -0.25) is 0 Å². The Kier molecular flexibility index (Phi) is 4.75. The summed E-state index contributed by atoms with van der Waals surface area (Å²) in [5.74, 6) is 0.855. The van der Waals surface area contributed by atoms with Crippen molar-refractivity contribution in [1.82, 2.24) is 0 Å². The van der Waals surface area contributed by atoms with Gasteiger partial charge in [-0.2, -0.15) is 0 Å². The van der Waals surface area contributed by atoms with E-state index in [1.165, 1.54) is 0 Å². The lowest BCUT2D eigenvalue weighted by atomic mass is 10.0. The van der Waals surface area contributed by atoms with E-state index in [2.05, 4.69) is 37.9 Å². The predicted octanol–water partition coefficient (Wildman–Crippen LogP) is 5.92. The van der Waals surface area contributed by atoms with Gasteiger partial charge in [0.1, 0.15) is 5.75 Å². The van der Waals surface area contributed by atoms with Crippen LogP contribution in [0.2, 0.25) is 0 Å². The summed E-state index contributed by atoms with van der Waals surface area (Å²) in [6.07, 6.45) is 0. The number of ether oxygens (including phenoxy) is 1. The zero-order chi connectivity index (χ0) is 13.3. The molecule has 0 spiro atoms. The molecule has 0 aliphatic carbocycles. The molecule has 0 radical (unpaired) electrons. The molecule has 1 aromatic carbocycles. The first-order valence-electron chi connectivity index (χ1n) is 5.26. The predicted molar refractivity (Wildman–Crippen MR) is 85.1 cm³/mol. The third-order valence-corrected chi connectivity index (χ3v) is 6.58. The average molecular weight is 411 g/mol. The van der Waals surface area contributed by atoms with Crippen LogP contribution in [0.1, 0.15) is 21.4 Å². The van der Waals surface area contributed by atoms with E-state index in [9.17, 15) is 0 Å². The number of alkyl halides is 1. The Bertz CT molecular complexity index is 549. The number of aryl methyl sites for hydroxylation is 1. The van der Waals surface area contributed by atoms with Crippen LogP contribution >= 0.6 is 54.8 Å². The molecule has 0 fully saturated rings. The van der Waals surface area contributed by atoms with Crippen LogP contribution in [-0.4, -0.2) is 7.11 Å². The van der Waals surface area contributed by atoms with Gasteiger partial charge < -0.3 is 4.74 Å². The minimum atomic E-state index is -0.136. The summed E-state index contributed by atoms with van der Waals surface area (Å²) in [5, 5.41) is -0.136. The van der Waals surface area contributed by atoms with Gasteiger partial charge in [-0.15, -0.1) is 22.9 Å². The van der Waals surface area contributed by atoms with Gasteiger partial charge in [0, 0.05) is 9.35 Å². The smallest absolute Gasteiger partial charge is 0.119 e. The summed E-state index contributed by atoms with van der Waals surface area (Å²) in [4.78, 5) is 1.11. The molecular formula is C13H11Br2ClOS. The van der Waals surface area contributed by atoms with Crippen molar-refractivity contribution in [2.24, 2.45) is 0 Å². The molecule has 0 amide bonds. The first-order valence-corrected chi connectivity index (χ1v) is 8.10. The van der Waals surface area contributed by atoms with Crippen LogP contribution in [0.3, 0.4) is 0 Å². The Morgan fingerprint density at radius 1 is 1.28 bits per heavy atom. The third-order valence-electron chi connectivity index (χ3n) is 2.66. The van der Waals surface area contributed by atoms with E-state index in [0.717, 1.165) is 30.0 Å². The van der Waals surface area contributed by atoms with E-state index >= 15 is 0 Å². The Morgan fingerprint density at radius 3 is 2.50 bits per heavy atom. The van der Waals surface area contributed by atoms with Gasteiger partial charge in [0.15, 0.2) is 0 Å². The second-order valence-electron chi connectivity index (χ2n) is 3.86. The molecule has 1 atom stereocenters. The van der Waals surface area contributed by atoms with E-state index in [1.807, 2.05) is 25.1 Å². The highest BCUT2D eigenvalue weighted by atomic mass is 79.9. The van der Waals surface area contributed by atoms with Gasteiger partial charge in [0.2, 0.25) is 0 Å². The van der Waals surface area contributed by atoms with Crippen molar-refractivity contribution in [3.8, 4) is 5.75 Å². The van der Waals surface area contributed by atoms with E-state index in [1.54, 1.807) is 18.4 Å². The number of rotatable bonds is 3. The van der Waals surface area contributed by atoms with Crippen molar-refractivity contribution in [1.29, 1.82) is 0 Å². The summed E-state index contributed by atoms with van der Waals surface area (Å²) < 4.78 is 7.31. The fraction of sp³-hybridized carbons (Fsp3) is 0.231. The molecule has 0 aliphatic rings. The van der Waals surface area contributed by atoms with Crippen molar-refractivity contribution in [3.05, 3.63) is 48.5 Å². The number of hydrogen-bond donors (Lipinski definition) is 0. The fourth-order valence-corrected chi connectivity index (χ4v) is 4.23. The quantitative estimate of drug-likeness (QED) is 0.571. The molecule has 1 unspecified atom stereocenters. The highest BCUT2D eigenvalue weighted by Gasteiger charge is 2.17. The molecule has 96 valence electrons. The van der Waals surface area contributed by atoms with E-state index in [-0.39, 0.29) is 5.38 Å². The third kappa shape index (κ3) is 2.93. The standard InChI is InChI=1S/C13H11Br2ClOS/c1-7-5-8(17-2)3-4-9(7)12(16)11-6-10(14)13(15)18-11/h3-6,12H,1-2H3. The van der Waals surface area contributed by atoms with Crippen LogP contribution in [-0.2, 0) is 0 Å². The molecule has 2 aromatic rings. The second kappa shape index (κ2) is 5.95. The zero-order valence-electron chi connectivity index (χ0n) is 9.84. The number of halogens is 3. The number of benzene rings is 1. The fourth-order valence-electron chi connectivity index (χ4n) is 1.70. The van der Waals surface area contributed by atoms with Crippen molar-refractivity contribution in [2.45, 2.75) is 12.3 Å². The van der Waals surface area contributed by atoms with Gasteiger partial charge in [-0.25, -0.2) is 0 Å². The minimum absolute atomic E-state index is 0.136. The van der Waals surface area contributed by atoms with Crippen LogP contribution in [0.4, 0.5) is 0 Å². The molecule has 0 N–H and O–H groups in total. The Morgan fingerprint density at radius 2 is 2.00 bits per heavy atom. The number of hydrogen-bond acceptors (Lipinski definition) is 2. The molecule has 0 aliphatic heterocycles. The van der Waals surface area contributed by atoms with Gasteiger partial charge in [-0.1, -0.05) is 6.07 Å². The van der Waals surface area contributed by atoms with Crippen LogP contribution < -0.4 is 4.74 Å². The topological polar surface area (TPSA) is 9.23 Å². The molecule has 1 aromatic heterocycles. The molecule has 2 rings (SSSR count). The van der Waals surface area contributed by atoms with E-state index in [0.29, 0.717) is 0 Å². The minimum Gasteiger partial charge on any atom is -0.497 e. The lowest BCUT2D eigenvalue weighted by Gasteiger charge is -2.12. The van der Waals surface area contributed by atoms with Crippen LogP contribution in [0.5, 0.6) is 5.75 Å². The lowest BCUT2D eigenvalue weighted by molar-refractivity contribution is 0.414. The largest absolute Gasteiger partial charge is 0.497 e. The molecular weight excluding hydrogens is 399 g/mol. The maximum absolute atomic E-state index is 6.55. The van der Waals surface area contributed by atoms with Gasteiger partial charge in [0.25, 0.3) is 0 Å². The maximum atomic E-state index is 6.55. The lowest BCUT2D eigenvalue weighted by Crippen LogP contribution is -1.95. The molecule has 5 heteroatoms. The number of thiophene rings is 1. The number of methoxy groups -OCH3 is 1. The van der Waals surface area contributed by atoms with Crippen molar-refractivity contribution in [3.63, 3.8) is 0 Å². The van der Waals surface area contributed by atoms with E-state index < -0.39 is 0 Å². The average Bonchev–Trinajstić information content (AvgIpc) is 2.68. The van der Waals surface area contributed by atoms with Gasteiger partial charge >= 0.3 is 0 Å². The monoisotopic (exact) mass is 408 g/mol. The summed E-state index contributed by atoms with van der Waals surface area (Å²) in [6.45, 7) is 2.05. The van der Waals surface area contributed by atoms with Crippen LogP contribution in [0, 0.1) is 6.92 Å². The molecule has 1 heterocycles. The zero-order valence-corrected chi connectivity index (χ0v) is 14.6. The molecule has 0 saturated carbocycles. The first-order chi connectivity index (χ1) is 8.52. The van der Waals surface area contributed by atoms with Crippen LogP contribution in [0.15, 0.2) is 32.5 Å². The van der Waals surface area contributed by atoms with Crippen LogP contribution in [0.25, 0.3) is 0 Å². The van der Waals surface area contributed by atoms with E-state index in [4.69, 9.17) is 16.3 Å². The Labute approximate surface area is 132 Å². The SMILES string of the molecule is COc1ccc(C(Cl)c2cc(Br)c(Br)s2)c(C)c1. The summed E-state index contributed by atoms with van der Waals surface area (Å²) in [6, 6.07) is 8.02. The van der Waals surface area contributed by atoms with Crippen molar-refractivity contribution < 1.29 is 4.74 Å². The molecule has 18 heavy (non-hydrogen) atoms. The Hall–Kier alpha value is -0.0300. The summed E-state index contributed by atoms with van der Waals surface area (Å²) in [5.41, 5.74) is 2.24. The molecule has 0 bridgehead atoms. The highest BCUT2D eigenvalue weighted by molar-refractivity contribution is 9.13. The van der Waals surface area contributed by atoms with Gasteiger partial charge in [0.05, 0.1) is 16.3 Å². The summed E-state index contributed by atoms with van der Waals surface area (Å²) in [7, 11) is 1.67. The van der Waals surface area contributed by atoms with Crippen molar-refractivity contribution in [2.75, 3.05) is 7.11 Å². The first kappa shape index (κ1) is 14.4. The normalized spacial score (nSPS) is 12.5. The van der Waals surface area contributed by atoms with Gasteiger partial charge in [-0.05, 0) is 68.1 Å². The second-order valence-corrected chi connectivity index (χ2v) is 7.55. The molecule has 0 saturated heterocycles. The summed E-state index contributed by atoms with van der Waals surface area (Å²) >= 11 is 15.2. The Balaban J connectivity index is 2.36. The maximum Gasteiger partial charge on any atom is 0.119 e. The van der Waals surface area contributed by atoms with Crippen molar-refractivity contribution >= 4 is 54.8 Å².